The monoisotopic (exact) mass is 202 g/mol. The molecule has 0 aliphatic heterocycles. The number of carbonyl (C=O) groups is 1. The Morgan fingerprint density at radius 3 is 2.73 bits per heavy atom. The van der Waals surface area contributed by atoms with Crippen molar-refractivity contribution in [3.8, 4) is 0 Å². The van der Waals surface area contributed by atoms with Gasteiger partial charge in [0.15, 0.2) is 5.78 Å². The van der Waals surface area contributed by atoms with Gasteiger partial charge >= 0.3 is 0 Å². The topological polar surface area (TPSA) is 58.9 Å². The first-order chi connectivity index (χ1) is 7.11. The summed E-state index contributed by atoms with van der Waals surface area (Å²) in [5.41, 5.74) is 9.30. The van der Waals surface area contributed by atoms with Gasteiger partial charge in [0.2, 0.25) is 0 Å². The van der Waals surface area contributed by atoms with Crippen LogP contribution in [0.2, 0.25) is 0 Å². The zero-order chi connectivity index (χ0) is 11.0. The Labute approximate surface area is 88.3 Å². The van der Waals surface area contributed by atoms with Gasteiger partial charge in [0.05, 0.1) is 12.2 Å². The highest BCUT2D eigenvalue weighted by molar-refractivity contribution is 6.01. The van der Waals surface area contributed by atoms with E-state index in [9.17, 15) is 4.79 Å². The van der Waals surface area contributed by atoms with E-state index in [4.69, 9.17) is 5.73 Å². The van der Waals surface area contributed by atoms with Gasteiger partial charge in [0.1, 0.15) is 0 Å². The molecule has 0 saturated carbocycles. The number of benzene rings is 1. The number of aromatic amines is 1. The molecular weight excluding hydrogens is 188 g/mol. The fraction of sp³-hybridized carbons (Fsp3) is 0.250. The summed E-state index contributed by atoms with van der Waals surface area (Å²) in [4.78, 5) is 14.5. The van der Waals surface area contributed by atoms with Gasteiger partial charge in [-0.3, -0.25) is 4.79 Å². The maximum Gasteiger partial charge on any atom is 0.192 e. The molecule has 0 spiro atoms. The molecule has 0 fully saturated rings. The van der Waals surface area contributed by atoms with Gasteiger partial charge in [0, 0.05) is 10.9 Å². The average molecular weight is 202 g/mol. The Morgan fingerprint density at radius 2 is 2.07 bits per heavy atom. The van der Waals surface area contributed by atoms with Crippen molar-refractivity contribution in [1.29, 1.82) is 0 Å². The van der Waals surface area contributed by atoms with Gasteiger partial charge in [-0.25, -0.2) is 0 Å². The molecule has 3 heteroatoms. The number of hydrogen-bond acceptors (Lipinski definition) is 2. The van der Waals surface area contributed by atoms with Crippen LogP contribution >= 0.6 is 0 Å². The summed E-state index contributed by atoms with van der Waals surface area (Å²) in [6.45, 7) is 4.12. The fourth-order valence-corrected chi connectivity index (χ4v) is 1.87. The molecule has 0 atom stereocenters. The summed E-state index contributed by atoms with van der Waals surface area (Å²) in [6.07, 6.45) is 0. The number of nitrogens with one attached hydrogen (secondary N) is 1. The lowest BCUT2D eigenvalue weighted by molar-refractivity contribution is 0.0997. The second kappa shape index (κ2) is 3.51. The smallest absolute Gasteiger partial charge is 0.192 e. The van der Waals surface area contributed by atoms with Crippen LogP contribution in [0.3, 0.4) is 0 Å². The highest BCUT2D eigenvalue weighted by atomic mass is 16.1. The van der Waals surface area contributed by atoms with E-state index in [-0.39, 0.29) is 12.3 Å². The van der Waals surface area contributed by atoms with Crippen molar-refractivity contribution in [2.24, 2.45) is 5.73 Å². The molecule has 0 saturated heterocycles. The lowest BCUT2D eigenvalue weighted by Gasteiger charge is -1.97. The molecule has 2 rings (SSSR count). The quantitative estimate of drug-likeness (QED) is 0.731. The van der Waals surface area contributed by atoms with Crippen LogP contribution in [0.25, 0.3) is 10.9 Å². The second-order valence-electron chi connectivity index (χ2n) is 3.86. The van der Waals surface area contributed by atoms with Gasteiger partial charge < -0.3 is 10.7 Å². The third-order valence-electron chi connectivity index (χ3n) is 2.56. The Morgan fingerprint density at radius 1 is 1.33 bits per heavy atom. The van der Waals surface area contributed by atoms with Crippen molar-refractivity contribution in [3.05, 3.63) is 35.0 Å². The number of fused-ring (bicyclic) bond motifs is 1. The SMILES string of the molecule is Cc1cc(C)c2[nH]c(C(=O)CN)cc2c1. The fourth-order valence-electron chi connectivity index (χ4n) is 1.87. The van der Waals surface area contributed by atoms with E-state index in [1.165, 1.54) is 5.56 Å². The number of Topliss-reactive ketones (excluding diaryl/α,β-unsaturated/α-hetero) is 1. The molecule has 0 bridgehead atoms. The number of rotatable bonds is 2. The largest absolute Gasteiger partial charge is 0.352 e. The van der Waals surface area contributed by atoms with Gasteiger partial charge in [-0.1, -0.05) is 11.6 Å². The molecule has 0 radical (unpaired) electrons. The Kier molecular flexibility index (Phi) is 2.32. The van der Waals surface area contributed by atoms with Gasteiger partial charge in [-0.2, -0.15) is 0 Å². The summed E-state index contributed by atoms with van der Waals surface area (Å²) in [7, 11) is 0. The molecule has 0 aliphatic rings. The van der Waals surface area contributed by atoms with E-state index in [0.29, 0.717) is 5.69 Å². The molecule has 1 aromatic heterocycles. The standard InChI is InChI=1S/C12H14N2O/c1-7-3-8(2)12-9(4-7)5-10(14-12)11(15)6-13/h3-5,14H,6,13H2,1-2H3. The minimum absolute atomic E-state index is 0.0465. The van der Waals surface area contributed by atoms with Crippen LogP contribution in [-0.4, -0.2) is 17.3 Å². The number of aryl methyl sites for hydroxylation is 2. The van der Waals surface area contributed by atoms with Gasteiger partial charge in [0.25, 0.3) is 0 Å². The summed E-state index contributed by atoms with van der Waals surface area (Å²) in [6, 6.07) is 6.02. The highest BCUT2D eigenvalue weighted by Crippen LogP contribution is 2.21. The summed E-state index contributed by atoms with van der Waals surface area (Å²) < 4.78 is 0. The molecule has 2 aromatic rings. The van der Waals surface area contributed by atoms with Crippen molar-refractivity contribution in [3.63, 3.8) is 0 Å². The van der Waals surface area contributed by atoms with Crippen molar-refractivity contribution in [2.75, 3.05) is 6.54 Å². The number of H-pyrrole nitrogens is 1. The van der Waals surface area contributed by atoms with Crippen molar-refractivity contribution < 1.29 is 4.79 Å². The lowest BCUT2D eigenvalue weighted by atomic mass is 10.1. The normalized spacial score (nSPS) is 10.9. The first kappa shape index (κ1) is 9.93. The summed E-state index contributed by atoms with van der Waals surface area (Å²) in [5.74, 6) is -0.0525. The molecule has 1 aromatic carbocycles. The second-order valence-corrected chi connectivity index (χ2v) is 3.86. The molecule has 0 aliphatic carbocycles. The van der Waals surface area contributed by atoms with E-state index >= 15 is 0 Å². The Balaban J connectivity index is 2.65. The molecular formula is C12H14N2O. The molecule has 1 heterocycles. The van der Waals surface area contributed by atoms with E-state index in [1.54, 1.807) is 0 Å². The zero-order valence-corrected chi connectivity index (χ0v) is 8.92. The van der Waals surface area contributed by atoms with E-state index in [1.807, 2.05) is 19.9 Å². The number of hydrogen-bond donors (Lipinski definition) is 2. The summed E-state index contributed by atoms with van der Waals surface area (Å²) in [5, 5.41) is 1.07. The van der Waals surface area contributed by atoms with Gasteiger partial charge in [-0.05, 0) is 31.5 Å². The minimum Gasteiger partial charge on any atom is -0.352 e. The Bertz CT molecular complexity index is 526. The summed E-state index contributed by atoms with van der Waals surface area (Å²) >= 11 is 0. The first-order valence-electron chi connectivity index (χ1n) is 4.95. The third kappa shape index (κ3) is 1.66. The van der Waals surface area contributed by atoms with Crippen molar-refractivity contribution in [2.45, 2.75) is 13.8 Å². The predicted octanol–water partition coefficient (Wildman–Crippen LogP) is 1.93. The highest BCUT2D eigenvalue weighted by Gasteiger charge is 2.09. The van der Waals surface area contributed by atoms with Crippen LogP contribution in [0.4, 0.5) is 0 Å². The van der Waals surface area contributed by atoms with Gasteiger partial charge in [-0.15, -0.1) is 0 Å². The maximum atomic E-state index is 11.4. The van der Waals surface area contributed by atoms with Crippen LogP contribution in [0.5, 0.6) is 0 Å². The molecule has 3 nitrogen and oxygen atoms in total. The van der Waals surface area contributed by atoms with Crippen molar-refractivity contribution in [1.82, 2.24) is 4.98 Å². The predicted molar refractivity (Wildman–Crippen MR) is 61.2 cm³/mol. The third-order valence-corrected chi connectivity index (χ3v) is 2.56. The van der Waals surface area contributed by atoms with E-state index < -0.39 is 0 Å². The number of ketones is 1. The van der Waals surface area contributed by atoms with E-state index in [2.05, 4.69) is 17.1 Å². The average Bonchev–Trinajstić information content (AvgIpc) is 2.60. The molecule has 78 valence electrons. The molecule has 3 N–H and O–H groups in total. The minimum atomic E-state index is -0.0525. The molecule has 0 unspecified atom stereocenters. The van der Waals surface area contributed by atoms with Crippen LogP contribution in [0, 0.1) is 13.8 Å². The maximum absolute atomic E-state index is 11.4. The lowest BCUT2D eigenvalue weighted by Crippen LogP contribution is -2.13. The Hall–Kier alpha value is -1.61. The molecule has 0 amide bonds. The zero-order valence-electron chi connectivity index (χ0n) is 8.92. The van der Waals surface area contributed by atoms with Crippen molar-refractivity contribution >= 4 is 16.7 Å². The number of aromatic nitrogens is 1. The van der Waals surface area contributed by atoms with Crippen LogP contribution in [0.1, 0.15) is 21.6 Å². The van der Waals surface area contributed by atoms with Crippen LogP contribution in [-0.2, 0) is 0 Å². The first-order valence-corrected chi connectivity index (χ1v) is 4.95. The van der Waals surface area contributed by atoms with Crippen LogP contribution < -0.4 is 5.73 Å². The van der Waals surface area contributed by atoms with E-state index in [0.717, 1.165) is 16.5 Å². The molecule has 15 heavy (non-hydrogen) atoms. The van der Waals surface area contributed by atoms with Crippen LogP contribution in [0.15, 0.2) is 18.2 Å². The number of carbonyl (C=O) groups excluding carboxylic acids is 1. The number of nitrogens with two attached hydrogens (primary N) is 1.